The second-order valence-electron chi connectivity index (χ2n) is 4.46. The minimum atomic E-state index is -0.498. The van der Waals surface area contributed by atoms with E-state index in [-0.39, 0.29) is 18.0 Å². The van der Waals surface area contributed by atoms with Crippen LogP contribution in [0.5, 0.6) is 11.5 Å². The lowest BCUT2D eigenvalue weighted by Gasteiger charge is -2.10. The Bertz CT molecular complexity index is 638. The standard InChI is InChI=1S/C17H17FO3/c1-3-21-15-9-5-4-8-13(15)14(19)11-12-7-6-10-16(20-2)17(12)18/h4-10H,3,11H2,1-2H3. The Labute approximate surface area is 123 Å². The minimum Gasteiger partial charge on any atom is -0.494 e. The second-order valence-corrected chi connectivity index (χ2v) is 4.46. The molecule has 0 aliphatic heterocycles. The zero-order valence-corrected chi connectivity index (χ0v) is 12.1. The first-order chi connectivity index (χ1) is 10.2. The maximum atomic E-state index is 14.1. The summed E-state index contributed by atoms with van der Waals surface area (Å²) in [7, 11) is 1.40. The number of benzene rings is 2. The predicted molar refractivity (Wildman–Crippen MR) is 78.6 cm³/mol. The van der Waals surface area contributed by atoms with E-state index in [1.54, 1.807) is 36.4 Å². The molecular formula is C17H17FO3. The van der Waals surface area contributed by atoms with E-state index in [0.29, 0.717) is 23.5 Å². The molecule has 0 saturated heterocycles. The first kappa shape index (κ1) is 15.0. The lowest BCUT2D eigenvalue weighted by atomic mass is 10.0. The molecule has 0 amide bonds. The number of carbonyl (C=O) groups excluding carboxylic acids is 1. The third-order valence-corrected chi connectivity index (χ3v) is 3.10. The van der Waals surface area contributed by atoms with E-state index in [9.17, 15) is 9.18 Å². The van der Waals surface area contributed by atoms with Gasteiger partial charge in [-0.1, -0.05) is 24.3 Å². The summed E-state index contributed by atoms with van der Waals surface area (Å²) in [5.41, 5.74) is 0.771. The van der Waals surface area contributed by atoms with Crippen LogP contribution in [0, 0.1) is 5.82 Å². The first-order valence-electron chi connectivity index (χ1n) is 6.73. The van der Waals surface area contributed by atoms with Crippen molar-refractivity contribution in [3.05, 3.63) is 59.4 Å². The monoisotopic (exact) mass is 288 g/mol. The van der Waals surface area contributed by atoms with Crippen LogP contribution in [0.25, 0.3) is 0 Å². The van der Waals surface area contributed by atoms with Gasteiger partial charge in [-0.3, -0.25) is 4.79 Å². The fourth-order valence-corrected chi connectivity index (χ4v) is 2.10. The molecule has 3 nitrogen and oxygen atoms in total. The van der Waals surface area contributed by atoms with Crippen LogP contribution in [0.2, 0.25) is 0 Å². The van der Waals surface area contributed by atoms with E-state index in [0.717, 1.165) is 0 Å². The third-order valence-electron chi connectivity index (χ3n) is 3.10. The average Bonchev–Trinajstić information content (AvgIpc) is 2.50. The summed E-state index contributed by atoms with van der Waals surface area (Å²) in [6, 6.07) is 11.8. The first-order valence-corrected chi connectivity index (χ1v) is 6.73. The van der Waals surface area contributed by atoms with Gasteiger partial charge < -0.3 is 9.47 Å². The zero-order chi connectivity index (χ0) is 15.2. The molecule has 0 aliphatic carbocycles. The van der Waals surface area contributed by atoms with Crippen molar-refractivity contribution in [1.82, 2.24) is 0 Å². The van der Waals surface area contributed by atoms with Crippen LogP contribution in [-0.2, 0) is 6.42 Å². The maximum absolute atomic E-state index is 14.1. The molecule has 110 valence electrons. The van der Waals surface area contributed by atoms with Crippen LogP contribution >= 0.6 is 0 Å². The fourth-order valence-electron chi connectivity index (χ4n) is 2.10. The number of ketones is 1. The average molecular weight is 288 g/mol. The van der Waals surface area contributed by atoms with Crippen molar-refractivity contribution in [1.29, 1.82) is 0 Å². The summed E-state index contributed by atoms with van der Waals surface area (Å²) in [5.74, 6) is -0.0276. The Morgan fingerprint density at radius 3 is 2.52 bits per heavy atom. The number of halogens is 1. The summed E-state index contributed by atoms with van der Waals surface area (Å²) >= 11 is 0. The second kappa shape index (κ2) is 6.88. The molecule has 0 N–H and O–H groups in total. The van der Waals surface area contributed by atoms with Crippen LogP contribution in [0.1, 0.15) is 22.8 Å². The Morgan fingerprint density at radius 1 is 1.10 bits per heavy atom. The summed E-state index contributed by atoms with van der Waals surface area (Å²) in [6.07, 6.45) is -0.0346. The van der Waals surface area contributed by atoms with Gasteiger partial charge in [-0.2, -0.15) is 0 Å². The summed E-state index contributed by atoms with van der Waals surface area (Å²) in [6.45, 7) is 2.32. The highest BCUT2D eigenvalue weighted by Gasteiger charge is 2.16. The molecule has 2 aromatic carbocycles. The molecule has 0 aromatic heterocycles. The topological polar surface area (TPSA) is 35.5 Å². The van der Waals surface area contributed by atoms with Gasteiger partial charge in [0, 0.05) is 6.42 Å². The molecule has 0 unspecified atom stereocenters. The van der Waals surface area contributed by atoms with E-state index in [1.807, 2.05) is 6.92 Å². The Hall–Kier alpha value is -2.36. The van der Waals surface area contributed by atoms with Crippen molar-refractivity contribution in [3.63, 3.8) is 0 Å². The van der Waals surface area contributed by atoms with Crippen LogP contribution in [0.15, 0.2) is 42.5 Å². The number of hydrogen-bond acceptors (Lipinski definition) is 3. The molecule has 0 atom stereocenters. The minimum absolute atomic E-state index is 0.0346. The molecule has 0 spiro atoms. The van der Waals surface area contributed by atoms with E-state index in [4.69, 9.17) is 9.47 Å². The van der Waals surface area contributed by atoms with Gasteiger partial charge in [0.15, 0.2) is 17.3 Å². The van der Waals surface area contributed by atoms with Crippen molar-refractivity contribution in [2.24, 2.45) is 0 Å². The molecule has 0 saturated carbocycles. The SMILES string of the molecule is CCOc1ccccc1C(=O)Cc1cccc(OC)c1F. The molecule has 0 radical (unpaired) electrons. The van der Waals surface area contributed by atoms with E-state index < -0.39 is 5.82 Å². The van der Waals surface area contributed by atoms with E-state index in [2.05, 4.69) is 0 Å². The van der Waals surface area contributed by atoms with Crippen molar-refractivity contribution >= 4 is 5.78 Å². The number of para-hydroxylation sites is 1. The predicted octanol–water partition coefficient (Wildman–Crippen LogP) is 3.66. The van der Waals surface area contributed by atoms with Gasteiger partial charge in [0.1, 0.15) is 5.75 Å². The van der Waals surface area contributed by atoms with Gasteiger partial charge in [-0.15, -0.1) is 0 Å². The number of ether oxygens (including phenoxy) is 2. The summed E-state index contributed by atoms with van der Waals surface area (Å²) in [4.78, 5) is 12.4. The molecule has 0 aliphatic rings. The van der Waals surface area contributed by atoms with Gasteiger partial charge >= 0.3 is 0 Å². The summed E-state index contributed by atoms with van der Waals surface area (Å²) in [5, 5.41) is 0. The zero-order valence-electron chi connectivity index (χ0n) is 12.1. The van der Waals surface area contributed by atoms with Crippen LogP contribution in [-0.4, -0.2) is 19.5 Å². The largest absolute Gasteiger partial charge is 0.494 e. The van der Waals surface area contributed by atoms with Crippen molar-refractivity contribution in [2.75, 3.05) is 13.7 Å². The quantitative estimate of drug-likeness (QED) is 0.761. The Balaban J connectivity index is 2.26. The molecule has 2 rings (SSSR count). The van der Waals surface area contributed by atoms with Gasteiger partial charge in [-0.05, 0) is 30.7 Å². The Kier molecular flexibility index (Phi) is 4.93. The normalized spacial score (nSPS) is 10.2. The molecule has 2 aromatic rings. The summed E-state index contributed by atoms with van der Waals surface area (Å²) < 4.78 is 24.4. The van der Waals surface area contributed by atoms with E-state index in [1.165, 1.54) is 13.2 Å². The van der Waals surface area contributed by atoms with Gasteiger partial charge in [0.2, 0.25) is 0 Å². The Morgan fingerprint density at radius 2 is 1.81 bits per heavy atom. The van der Waals surface area contributed by atoms with Crippen LogP contribution in [0.4, 0.5) is 4.39 Å². The molecule has 4 heteroatoms. The maximum Gasteiger partial charge on any atom is 0.171 e. The molecule has 21 heavy (non-hydrogen) atoms. The van der Waals surface area contributed by atoms with Gasteiger partial charge in [0.05, 0.1) is 19.3 Å². The van der Waals surface area contributed by atoms with E-state index >= 15 is 0 Å². The molecule has 0 heterocycles. The van der Waals surface area contributed by atoms with Crippen molar-refractivity contribution in [3.8, 4) is 11.5 Å². The number of methoxy groups -OCH3 is 1. The molecule has 0 fully saturated rings. The highest BCUT2D eigenvalue weighted by atomic mass is 19.1. The lowest BCUT2D eigenvalue weighted by Crippen LogP contribution is -2.08. The molecular weight excluding hydrogens is 271 g/mol. The van der Waals surface area contributed by atoms with Crippen LogP contribution in [0.3, 0.4) is 0 Å². The van der Waals surface area contributed by atoms with Crippen LogP contribution < -0.4 is 9.47 Å². The number of carbonyl (C=O) groups is 1. The number of Topliss-reactive ketones (excluding diaryl/α,β-unsaturated/α-hetero) is 1. The highest BCUT2D eigenvalue weighted by Crippen LogP contribution is 2.24. The van der Waals surface area contributed by atoms with Crippen molar-refractivity contribution < 1.29 is 18.7 Å². The number of hydrogen-bond donors (Lipinski definition) is 0. The smallest absolute Gasteiger partial charge is 0.171 e. The highest BCUT2D eigenvalue weighted by molar-refractivity contribution is 6.00. The number of rotatable bonds is 6. The fraction of sp³-hybridized carbons (Fsp3) is 0.235. The van der Waals surface area contributed by atoms with Gasteiger partial charge in [-0.25, -0.2) is 4.39 Å². The van der Waals surface area contributed by atoms with Crippen molar-refractivity contribution in [2.45, 2.75) is 13.3 Å². The van der Waals surface area contributed by atoms with Gasteiger partial charge in [0.25, 0.3) is 0 Å². The third kappa shape index (κ3) is 3.40. The molecule has 0 bridgehead atoms. The lowest BCUT2D eigenvalue weighted by molar-refractivity contribution is 0.0988.